The molecule has 0 atom stereocenters. The van der Waals surface area contributed by atoms with Gasteiger partial charge in [0.25, 0.3) is 0 Å². The molecule has 0 aliphatic rings. The summed E-state index contributed by atoms with van der Waals surface area (Å²) in [4.78, 5) is 0. The van der Waals surface area contributed by atoms with Crippen molar-refractivity contribution < 1.29 is 9.47 Å². The van der Waals surface area contributed by atoms with Crippen LogP contribution in [0.3, 0.4) is 0 Å². The third-order valence-electron chi connectivity index (χ3n) is 6.86. The van der Waals surface area contributed by atoms with Gasteiger partial charge in [-0.1, -0.05) is 102 Å². The second kappa shape index (κ2) is 9.85. The average molecular weight is 479 g/mol. The molecule has 0 unspecified atom stereocenters. The van der Waals surface area contributed by atoms with Gasteiger partial charge in [-0.15, -0.1) is 0 Å². The molecule has 0 bridgehead atoms. The molecule has 4 aromatic rings. The number of hydrogen-bond donors (Lipinski definition) is 0. The van der Waals surface area contributed by atoms with Crippen LogP contribution in [-0.4, -0.2) is 14.2 Å². The highest BCUT2D eigenvalue weighted by atomic mass is 16.5. The predicted octanol–water partition coefficient (Wildman–Crippen LogP) is 9.30. The molecule has 0 fully saturated rings. The van der Waals surface area contributed by atoms with Gasteiger partial charge in [-0.05, 0) is 68.5 Å². The minimum Gasteiger partial charge on any atom is -0.496 e. The van der Waals surface area contributed by atoms with Gasteiger partial charge >= 0.3 is 0 Å². The Bertz CT molecular complexity index is 1230. The summed E-state index contributed by atoms with van der Waals surface area (Å²) in [6.07, 6.45) is 0. The fourth-order valence-electron chi connectivity index (χ4n) is 4.48. The van der Waals surface area contributed by atoms with Crippen molar-refractivity contribution in [2.75, 3.05) is 14.2 Å². The summed E-state index contributed by atoms with van der Waals surface area (Å²) in [6.45, 7) is 13.4. The quantitative estimate of drug-likeness (QED) is 0.284. The van der Waals surface area contributed by atoms with Gasteiger partial charge < -0.3 is 9.47 Å². The SMILES string of the molecule is COc1ccc(C(C)(C)C)cc1-c1ccc(-c2ccc(-c3cc(C(C)(C)C)ccc3OC)cc2)cc1. The van der Waals surface area contributed by atoms with E-state index in [0.29, 0.717) is 0 Å². The molecule has 0 amide bonds. The Morgan fingerprint density at radius 2 is 0.722 bits per heavy atom. The number of benzene rings is 4. The van der Waals surface area contributed by atoms with Crippen LogP contribution in [0.5, 0.6) is 11.5 Å². The van der Waals surface area contributed by atoms with E-state index >= 15 is 0 Å². The Morgan fingerprint density at radius 1 is 0.417 bits per heavy atom. The van der Waals surface area contributed by atoms with Gasteiger partial charge in [0.1, 0.15) is 11.5 Å². The first-order valence-corrected chi connectivity index (χ1v) is 12.6. The Hall–Kier alpha value is -3.52. The Kier molecular flexibility index (Phi) is 7.00. The maximum absolute atomic E-state index is 5.68. The van der Waals surface area contributed by atoms with Crippen molar-refractivity contribution >= 4 is 0 Å². The molecule has 2 nitrogen and oxygen atoms in total. The maximum atomic E-state index is 5.68. The molecule has 0 heterocycles. The normalized spacial score (nSPS) is 11.9. The molecule has 36 heavy (non-hydrogen) atoms. The van der Waals surface area contributed by atoms with Crippen LogP contribution in [0.15, 0.2) is 84.9 Å². The molecule has 0 radical (unpaired) electrons. The standard InChI is InChI=1S/C34H38O2/c1-33(2,3)27-17-19-31(35-7)29(21-27)25-13-9-23(10-14-25)24-11-15-26(16-12-24)30-22-28(34(4,5)6)18-20-32(30)36-8/h9-22H,1-8H3. The first-order valence-electron chi connectivity index (χ1n) is 12.6. The highest BCUT2D eigenvalue weighted by molar-refractivity contribution is 5.77. The first kappa shape index (κ1) is 25.6. The molecular weight excluding hydrogens is 440 g/mol. The summed E-state index contributed by atoms with van der Waals surface area (Å²) >= 11 is 0. The molecule has 0 aliphatic heterocycles. The van der Waals surface area contributed by atoms with E-state index in [4.69, 9.17) is 9.47 Å². The molecule has 0 saturated carbocycles. The molecule has 0 spiro atoms. The van der Waals surface area contributed by atoms with E-state index in [1.165, 1.54) is 22.3 Å². The summed E-state index contributed by atoms with van der Waals surface area (Å²) in [5, 5.41) is 0. The molecule has 2 heteroatoms. The molecule has 4 aromatic carbocycles. The lowest BCUT2D eigenvalue weighted by Gasteiger charge is -2.21. The van der Waals surface area contributed by atoms with Crippen LogP contribution >= 0.6 is 0 Å². The average Bonchev–Trinajstić information content (AvgIpc) is 2.87. The molecule has 0 N–H and O–H groups in total. The lowest BCUT2D eigenvalue weighted by Crippen LogP contribution is -2.11. The van der Waals surface area contributed by atoms with Gasteiger partial charge in [0.05, 0.1) is 14.2 Å². The van der Waals surface area contributed by atoms with Gasteiger partial charge in [-0.2, -0.15) is 0 Å². The Morgan fingerprint density at radius 3 is 1.00 bits per heavy atom. The summed E-state index contributed by atoms with van der Waals surface area (Å²) < 4.78 is 11.4. The zero-order valence-electron chi connectivity index (χ0n) is 22.9. The van der Waals surface area contributed by atoms with Crippen LogP contribution in [0.2, 0.25) is 0 Å². The number of rotatable bonds is 5. The van der Waals surface area contributed by atoms with E-state index < -0.39 is 0 Å². The van der Waals surface area contributed by atoms with Crippen molar-refractivity contribution in [3.05, 3.63) is 96.1 Å². The van der Waals surface area contributed by atoms with Crippen LogP contribution in [0, 0.1) is 0 Å². The van der Waals surface area contributed by atoms with E-state index in [2.05, 4.69) is 126 Å². The van der Waals surface area contributed by atoms with E-state index in [0.717, 1.165) is 33.8 Å². The molecular formula is C34H38O2. The van der Waals surface area contributed by atoms with Crippen molar-refractivity contribution in [3.8, 4) is 44.9 Å². The van der Waals surface area contributed by atoms with Crippen molar-refractivity contribution in [3.63, 3.8) is 0 Å². The van der Waals surface area contributed by atoms with Crippen molar-refractivity contribution in [2.24, 2.45) is 0 Å². The van der Waals surface area contributed by atoms with Gasteiger partial charge in [0.2, 0.25) is 0 Å². The van der Waals surface area contributed by atoms with Crippen LogP contribution in [0.25, 0.3) is 33.4 Å². The predicted molar refractivity (Wildman–Crippen MR) is 153 cm³/mol. The second-order valence-corrected chi connectivity index (χ2v) is 11.5. The largest absolute Gasteiger partial charge is 0.496 e. The molecule has 0 saturated heterocycles. The fourth-order valence-corrected chi connectivity index (χ4v) is 4.48. The third kappa shape index (κ3) is 5.33. The summed E-state index contributed by atoms with van der Waals surface area (Å²) in [6, 6.07) is 30.5. The summed E-state index contributed by atoms with van der Waals surface area (Å²) in [5.74, 6) is 1.79. The number of ether oxygens (including phenoxy) is 2. The minimum atomic E-state index is 0.0811. The second-order valence-electron chi connectivity index (χ2n) is 11.5. The van der Waals surface area contributed by atoms with Gasteiger partial charge in [-0.3, -0.25) is 0 Å². The monoisotopic (exact) mass is 478 g/mol. The fraction of sp³-hybridized carbons (Fsp3) is 0.294. The van der Waals surface area contributed by atoms with Crippen LogP contribution < -0.4 is 9.47 Å². The zero-order valence-corrected chi connectivity index (χ0v) is 22.9. The molecule has 4 rings (SSSR count). The van der Waals surface area contributed by atoms with Crippen molar-refractivity contribution in [2.45, 2.75) is 52.4 Å². The number of methoxy groups -OCH3 is 2. The first-order chi connectivity index (χ1) is 17.0. The Labute approximate surface area is 216 Å². The molecule has 0 aliphatic carbocycles. The summed E-state index contributed by atoms with van der Waals surface area (Å²) in [5.41, 5.74) is 9.68. The minimum absolute atomic E-state index is 0.0811. The maximum Gasteiger partial charge on any atom is 0.126 e. The van der Waals surface area contributed by atoms with Gasteiger partial charge in [0, 0.05) is 11.1 Å². The third-order valence-corrected chi connectivity index (χ3v) is 6.86. The van der Waals surface area contributed by atoms with E-state index in [9.17, 15) is 0 Å². The van der Waals surface area contributed by atoms with E-state index in [1.54, 1.807) is 14.2 Å². The lowest BCUT2D eigenvalue weighted by atomic mass is 9.85. The van der Waals surface area contributed by atoms with E-state index in [-0.39, 0.29) is 10.8 Å². The Balaban J connectivity index is 1.65. The van der Waals surface area contributed by atoms with Gasteiger partial charge in [0.15, 0.2) is 0 Å². The van der Waals surface area contributed by atoms with Crippen LogP contribution in [0.4, 0.5) is 0 Å². The number of hydrogen-bond acceptors (Lipinski definition) is 2. The van der Waals surface area contributed by atoms with Crippen LogP contribution in [-0.2, 0) is 10.8 Å². The van der Waals surface area contributed by atoms with Crippen molar-refractivity contribution in [1.82, 2.24) is 0 Å². The van der Waals surface area contributed by atoms with E-state index in [1.807, 2.05) is 0 Å². The molecule has 0 aromatic heterocycles. The smallest absolute Gasteiger partial charge is 0.126 e. The summed E-state index contributed by atoms with van der Waals surface area (Å²) in [7, 11) is 3.47. The van der Waals surface area contributed by atoms with Crippen molar-refractivity contribution in [1.29, 1.82) is 0 Å². The lowest BCUT2D eigenvalue weighted by molar-refractivity contribution is 0.415. The zero-order chi connectivity index (χ0) is 26.1. The topological polar surface area (TPSA) is 18.5 Å². The van der Waals surface area contributed by atoms with Crippen LogP contribution in [0.1, 0.15) is 52.7 Å². The van der Waals surface area contributed by atoms with Gasteiger partial charge in [-0.25, -0.2) is 0 Å². The highest BCUT2D eigenvalue weighted by Gasteiger charge is 2.18. The molecule has 186 valence electrons. The highest BCUT2D eigenvalue weighted by Crippen LogP contribution is 2.37.